The quantitative estimate of drug-likeness (QED) is 0.113. The Hall–Kier alpha value is -7.07. The number of benzene rings is 5. The van der Waals surface area contributed by atoms with Gasteiger partial charge in [-0.1, -0.05) is 78.3 Å². The summed E-state index contributed by atoms with van der Waals surface area (Å²) < 4.78 is 90.3. The molecule has 0 atom stereocenters. The van der Waals surface area contributed by atoms with Crippen LogP contribution in [0.25, 0.3) is 45.0 Å². The lowest BCUT2D eigenvalue weighted by molar-refractivity contribution is -0.138. The molecule has 0 aliphatic carbocycles. The molecule has 57 heavy (non-hydrogen) atoms. The minimum Gasteiger partial charge on any atom is -0.431 e. The van der Waals surface area contributed by atoms with Crippen LogP contribution in [0.3, 0.4) is 0 Å². The number of aromatic nitrogens is 2. The Labute approximate surface area is 323 Å². The van der Waals surface area contributed by atoms with Gasteiger partial charge in [0.2, 0.25) is 0 Å². The Morgan fingerprint density at radius 3 is 1.77 bits per heavy atom. The van der Waals surface area contributed by atoms with E-state index in [-0.39, 0.29) is 29.2 Å². The van der Waals surface area contributed by atoms with Crippen molar-refractivity contribution in [1.82, 2.24) is 9.97 Å². The first kappa shape index (κ1) is 38.2. The van der Waals surface area contributed by atoms with Crippen molar-refractivity contribution in [2.45, 2.75) is 12.4 Å². The molecule has 2 heterocycles. The summed E-state index contributed by atoms with van der Waals surface area (Å²) in [6, 6.07) is 27.1. The molecule has 0 aliphatic heterocycles. The summed E-state index contributed by atoms with van der Waals surface area (Å²) in [6.07, 6.45) is -7.91. The van der Waals surface area contributed by atoms with Gasteiger partial charge in [-0.3, -0.25) is 10.6 Å². The topological polar surface area (TPSA) is 134 Å². The second-order valence-corrected chi connectivity index (χ2v) is 12.6. The Balaban J connectivity index is 1.12. The van der Waals surface area contributed by atoms with Gasteiger partial charge in [0, 0.05) is 38.7 Å². The third kappa shape index (κ3) is 9.08. The molecule has 0 saturated carbocycles. The van der Waals surface area contributed by atoms with E-state index in [1.165, 1.54) is 24.5 Å². The van der Waals surface area contributed by atoms with Crippen molar-refractivity contribution in [3.63, 3.8) is 0 Å². The van der Waals surface area contributed by atoms with Gasteiger partial charge >= 0.3 is 36.4 Å². The summed E-state index contributed by atoms with van der Waals surface area (Å²) >= 11 is 6.66. The maximum Gasteiger partial charge on any atom is 0.416 e. The first-order valence-corrected chi connectivity index (χ1v) is 17.0. The summed E-state index contributed by atoms with van der Waals surface area (Å²) in [4.78, 5) is 34.1. The smallest absolute Gasteiger partial charge is 0.416 e. The van der Waals surface area contributed by atoms with Gasteiger partial charge < -0.3 is 19.5 Å². The fraction of sp³-hybridized carbons (Fsp3) is 0.0500. The third-order valence-electron chi connectivity index (χ3n) is 8.21. The number of oxazole rings is 2. The number of urea groups is 2. The first-order valence-electron chi connectivity index (χ1n) is 16.6. The summed E-state index contributed by atoms with van der Waals surface area (Å²) in [7, 11) is 0. The number of amides is 4. The highest BCUT2D eigenvalue weighted by atomic mass is 35.5. The van der Waals surface area contributed by atoms with E-state index >= 15 is 0 Å². The van der Waals surface area contributed by atoms with Crippen LogP contribution < -0.4 is 21.3 Å². The maximum absolute atomic E-state index is 13.2. The molecule has 17 heteroatoms. The summed E-state index contributed by atoms with van der Waals surface area (Å²) in [5.41, 5.74) is 1.54. The van der Waals surface area contributed by atoms with Crippen LogP contribution >= 0.6 is 11.6 Å². The zero-order chi connectivity index (χ0) is 40.3. The fourth-order valence-corrected chi connectivity index (χ4v) is 5.85. The zero-order valence-corrected chi connectivity index (χ0v) is 29.6. The summed E-state index contributed by atoms with van der Waals surface area (Å²) in [6.45, 7) is 0. The molecule has 7 aromatic rings. The number of hydrogen-bond acceptors (Lipinski definition) is 6. The minimum absolute atomic E-state index is 0.0908. The molecule has 0 radical (unpaired) electrons. The molecule has 4 amide bonds. The van der Waals surface area contributed by atoms with E-state index in [9.17, 15) is 35.9 Å². The average Bonchev–Trinajstić information content (AvgIpc) is 3.82. The standard InChI is InChI=1S/C40H25ClF6N6O4/c41-31-16-15-24(32-21-56-37(50-32)52-35(54)48-28-13-5-11-26(19-28)39(42,43)44)18-30(31)23-9-4-10-25(17-23)34-33(22-7-2-1-3-8-22)51-38(57-34)53-36(55)49-29-14-6-12-27(20-29)40(45,46)47/h1-21H,(H2,48,50,52,54)(H2,49,51,53,55). The van der Waals surface area contributed by atoms with Gasteiger partial charge in [-0.15, -0.1) is 0 Å². The number of carbonyl (C=O) groups is 2. The Bertz CT molecular complexity index is 2590. The van der Waals surface area contributed by atoms with Crippen LogP contribution in [0.15, 0.2) is 136 Å². The second kappa shape index (κ2) is 15.6. The lowest BCUT2D eigenvalue weighted by Gasteiger charge is -2.10. The molecule has 7 rings (SSSR count). The predicted molar refractivity (Wildman–Crippen MR) is 201 cm³/mol. The number of hydrogen-bond donors (Lipinski definition) is 4. The van der Waals surface area contributed by atoms with E-state index in [1.807, 2.05) is 6.07 Å². The lowest BCUT2D eigenvalue weighted by Crippen LogP contribution is -2.20. The molecule has 0 fully saturated rings. The van der Waals surface area contributed by atoms with Crippen LogP contribution in [0.2, 0.25) is 5.02 Å². The Kier molecular flexibility index (Phi) is 10.4. The van der Waals surface area contributed by atoms with E-state index in [2.05, 4.69) is 31.2 Å². The van der Waals surface area contributed by atoms with Crippen molar-refractivity contribution in [2.75, 3.05) is 21.3 Å². The largest absolute Gasteiger partial charge is 0.431 e. The normalized spacial score (nSPS) is 11.6. The molecular weight excluding hydrogens is 778 g/mol. The molecule has 0 aliphatic rings. The van der Waals surface area contributed by atoms with Gasteiger partial charge in [0.15, 0.2) is 5.76 Å². The molecule has 10 nitrogen and oxygen atoms in total. The fourth-order valence-electron chi connectivity index (χ4n) is 5.62. The lowest BCUT2D eigenvalue weighted by atomic mass is 9.98. The van der Waals surface area contributed by atoms with Gasteiger partial charge in [-0.2, -0.15) is 36.3 Å². The summed E-state index contributed by atoms with van der Waals surface area (Å²) in [5.74, 6) is 0.264. The second-order valence-electron chi connectivity index (χ2n) is 12.2. The van der Waals surface area contributed by atoms with E-state index in [0.717, 1.165) is 30.3 Å². The number of rotatable bonds is 8. The van der Waals surface area contributed by atoms with Crippen molar-refractivity contribution in [3.05, 3.63) is 144 Å². The SMILES string of the molecule is O=C(Nc1cccc(C(F)(F)F)c1)Nc1nc(-c2ccc(Cl)c(-c3cccc(-c4oc(NC(=O)Nc5cccc(C(F)(F)F)c5)nc4-c4ccccc4)c3)c2)co1. The maximum atomic E-state index is 13.2. The molecule has 0 saturated heterocycles. The monoisotopic (exact) mass is 802 g/mol. The van der Waals surface area contributed by atoms with Crippen molar-refractivity contribution in [1.29, 1.82) is 0 Å². The third-order valence-corrected chi connectivity index (χ3v) is 8.54. The van der Waals surface area contributed by atoms with Crippen molar-refractivity contribution in [2.24, 2.45) is 0 Å². The molecule has 0 bridgehead atoms. The van der Waals surface area contributed by atoms with E-state index in [0.29, 0.717) is 44.2 Å². The molecule has 4 N–H and O–H groups in total. The van der Waals surface area contributed by atoms with Crippen molar-refractivity contribution < 1.29 is 44.8 Å². The van der Waals surface area contributed by atoms with E-state index < -0.39 is 35.5 Å². The van der Waals surface area contributed by atoms with Gasteiger partial charge in [0.25, 0.3) is 0 Å². The number of anilines is 4. The zero-order valence-electron chi connectivity index (χ0n) is 28.8. The van der Waals surface area contributed by atoms with Crippen LogP contribution in [0, 0.1) is 0 Å². The number of nitrogens with one attached hydrogen (secondary N) is 4. The van der Waals surface area contributed by atoms with Crippen LogP contribution in [0.1, 0.15) is 11.1 Å². The van der Waals surface area contributed by atoms with Gasteiger partial charge in [-0.25, -0.2) is 9.59 Å². The molecule has 0 unspecified atom stereocenters. The van der Waals surface area contributed by atoms with Gasteiger partial charge in [0.05, 0.1) is 11.1 Å². The highest BCUT2D eigenvalue weighted by molar-refractivity contribution is 6.33. The first-order chi connectivity index (χ1) is 27.2. The van der Waals surface area contributed by atoms with Crippen LogP contribution in [-0.4, -0.2) is 22.0 Å². The molecule has 2 aromatic heterocycles. The van der Waals surface area contributed by atoms with Crippen LogP contribution in [-0.2, 0) is 12.4 Å². The van der Waals surface area contributed by atoms with E-state index in [1.54, 1.807) is 66.7 Å². The number of carbonyl (C=O) groups excluding carboxylic acids is 2. The van der Waals surface area contributed by atoms with Gasteiger partial charge in [0.1, 0.15) is 17.7 Å². The number of halogens is 7. The van der Waals surface area contributed by atoms with Crippen LogP contribution in [0.4, 0.5) is 59.3 Å². The molecule has 0 spiro atoms. The summed E-state index contributed by atoms with van der Waals surface area (Å²) in [5, 5.41) is 9.84. The Morgan fingerprint density at radius 2 is 1.14 bits per heavy atom. The van der Waals surface area contributed by atoms with Crippen LogP contribution in [0.5, 0.6) is 0 Å². The highest BCUT2D eigenvalue weighted by Gasteiger charge is 2.31. The molecule has 5 aromatic carbocycles. The molecule has 288 valence electrons. The number of alkyl halides is 6. The van der Waals surface area contributed by atoms with Crippen molar-refractivity contribution in [3.8, 4) is 45.0 Å². The predicted octanol–water partition coefficient (Wildman–Crippen LogP) is 12.3. The minimum atomic E-state index is -4.60. The van der Waals surface area contributed by atoms with Crippen molar-refractivity contribution >= 4 is 47.1 Å². The number of nitrogens with zero attached hydrogens (tertiary/aromatic N) is 2. The highest BCUT2D eigenvalue weighted by Crippen LogP contribution is 2.39. The average molecular weight is 803 g/mol. The van der Waals surface area contributed by atoms with Gasteiger partial charge in [-0.05, 0) is 60.2 Å². The molecular formula is C40H25ClF6N6O4. The Morgan fingerprint density at radius 1 is 0.561 bits per heavy atom. The van der Waals surface area contributed by atoms with E-state index in [4.69, 9.17) is 20.4 Å².